The number of piperazine rings is 1. The summed E-state index contributed by atoms with van der Waals surface area (Å²) >= 11 is 6.16. The van der Waals surface area contributed by atoms with E-state index in [2.05, 4.69) is 22.3 Å². The molecule has 2 aromatic rings. The Labute approximate surface area is 140 Å². The van der Waals surface area contributed by atoms with E-state index in [1.807, 2.05) is 35.3 Å². The fraction of sp³-hybridized carbons (Fsp3) is 0.235. The zero-order valence-electron chi connectivity index (χ0n) is 12.7. The van der Waals surface area contributed by atoms with E-state index < -0.39 is 0 Å². The number of amidine groups is 1. The lowest BCUT2D eigenvalue weighted by Crippen LogP contribution is -2.51. The first kappa shape index (κ1) is 14.5. The molecule has 0 saturated carbocycles. The highest BCUT2D eigenvalue weighted by Gasteiger charge is 2.23. The van der Waals surface area contributed by atoms with Crippen LogP contribution in [-0.4, -0.2) is 41.9 Å². The van der Waals surface area contributed by atoms with Crippen LogP contribution < -0.4 is 11.2 Å². The third kappa shape index (κ3) is 2.79. The van der Waals surface area contributed by atoms with Gasteiger partial charge in [0.1, 0.15) is 5.84 Å². The summed E-state index contributed by atoms with van der Waals surface area (Å²) < 4.78 is 0. The van der Waals surface area contributed by atoms with Crippen molar-refractivity contribution in [3.63, 3.8) is 0 Å². The Hall–Kier alpha value is -2.08. The number of hydrogen-bond acceptors (Lipinski definition) is 5. The van der Waals surface area contributed by atoms with E-state index in [-0.39, 0.29) is 0 Å². The fourth-order valence-electron chi connectivity index (χ4n) is 2.98. The van der Waals surface area contributed by atoms with Gasteiger partial charge in [-0.05, 0) is 30.3 Å². The molecule has 1 saturated heterocycles. The number of rotatable bonds is 0. The van der Waals surface area contributed by atoms with Gasteiger partial charge in [0.2, 0.25) is 0 Å². The van der Waals surface area contributed by atoms with Gasteiger partial charge in [0.05, 0.1) is 11.4 Å². The maximum Gasteiger partial charge on any atom is 0.138 e. The third-order valence-electron chi connectivity index (χ3n) is 4.24. The molecule has 118 valence electrons. The second-order valence-electron chi connectivity index (χ2n) is 5.79. The summed E-state index contributed by atoms with van der Waals surface area (Å²) in [5.74, 6) is 6.86. The van der Waals surface area contributed by atoms with E-state index in [4.69, 9.17) is 22.4 Å². The summed E-state index contributed by atoms with van der Waals surface area (Å²) in [6.45, 7) is 3.38. The highest BCUT2D eigenvalue weighted by atomic mass is 35.5. The van der Waals surface area contributed by atoms with Gasteiger partial charge in [-0.25, -0.2) is 10.0 Å². The number of nitrogens with zero attached hydrogens (tertiary/aromatic N) is 3. The zero-order chi connectivity index (χ0) is 15.8. The molecule has 0 radical (unpaired) electrons. The average molecular weight is 328 g/mol. The Morgan fingerprint density at radius 2 is 1.78 bits per heavy atom. The number of aliphatic imine (C=N–C) groups is 1. The SMILES string of the molecule is NN1CCN(C2=Nc3cc(Cl)ccc3Nc3ccccc32)CC1. The molecule has 2 aliphatic heterocycles. The van der Waals surface area contributed by atoms with Crippen LogP contribution in [0.15, 0.2) is 47.5 Å². The molecule has 0 atom stereocenters. The minimum absolute atomic E-state index is 0.686. The van der Waals surface area contributed by atoms with Crippen LogP contribution in [0.4, 0.5) is 17.1 Å². The van der Waals surface area contributed by atoms with E-state index in [9.17, 15) is 0 Å². The first-order chi connectivity index (χ1) is 11.2. The molecule has 1 fully saturated rings. The summed E-state index contributed by atoms with van der Waals surface area (Å²) in [5, 5.41) is 6.01. The van der Waals surface area contributed by atoms with Gasteiger partial charge in [-0.1, -0.05) is 23.7 Å². The number of benzene rings is 2. The minimum Gasteiger partial charge on any atom is -0.353 e. The Morgan fingerprint density at radius 3 is 2.61 bits per heavy atom. The van der Waals surface area contributed by atoms with Crippen LogP contribution in [0.25, 0.3) is 0 Å². The summed E-state index contributed by atoms with van der Waals surface area (Å²) in [5.41, 5.74) is 3.99. The van der Waals surface area contributed by atoms with Gasteiger partial charge in [-0.3, -0.25) is 5.84 Å². The van der Waals surface area contributed by atoms with E-state index in [1.165, 1.54) is 0 Å². The lowest BCUT2D eigenvalue weighted by atomic mass is 10.1. The third-order valence-corrected chi connectivity index (χ3v) is 4.47. The van der Waals surface area contributed by atoms with E-state index in [1.54, 1.807) is 0 Å². The van der Waals surface area contributed by atoms with Crippen molar-refractivity contribution in [2.45, 2.75) is 0 Å². The summed E-state index contributed by atoms with van der Waals surface area (Å²) in [7, 11) is 0. The van der Waals surface area contributed by atoms with Gasteiger partial charge in [0, 0.05) is 42.5 Å². The molecule has 3 N–H and O–H groups in total. The Morgan fingerprint density at radius 1 is 1.00 bits per heavy atom. The molecule has 2 aliphatic rings. The molecule has 5 nitrogen and oxygen atoms in total. The number of para-hydroxylation sites is 1. The second kappa shape index (κ2) is 5.85. The van der Waals surface area contributed by atoms with Crippen molar-refractivity contribution in [1.29, 1.82) is 0 Å². The Kier molecular flexibility index (Phi) is 3.69. The zero-order valence-corrected chi connectivity index (χ0v) is 13.4. The predicted molar refractivity (Wildman–Crippen MR) is 94.7 cm³/mol. The minimum atomic E-state index is 0.686. The first-order valence-corrected chi connectivity index (χ1v) is 8.08. The maximum absolute atomic E-state index is 6.16. The van der Waals surface area contributed by atoms with E-state index in [0.717, 1.165) is 54.6 Å². The van der Waals surface area contributed by atoms with Gasteiger partial charge in [0.15, 0.2) is 0 Å². The van der Waals surface area contributed by atoms with Crippen molar-refractivity contribution in [1.82, 2.24) is 9.91 Å². The Bertz CT molecular complexity index is 765. The van der Waals surface area contributed by atoms with Crippen molar-refractivity contribution in [2.24, 2.45) is 10.8 Å². The largest absolute Gasteiger partial charge is 0.353 e. The van der Waals surface area contributed by atoms with Crippen LogP contribution in [0.5, 0.6) is 0 Å². The molecule has 0 spiro atoms. The lowest BCUT2D eigenvalue weighted by molar-refractivity contribution is 0.186. The second-order valence-corrected chi connectivity index (χ2v) is 6.23. The van der Waals surface area contributed by atoms with Crippen LogP contribution in [-0.2, 0) is 0 Å². The van der Waals surface area contributed by atoms with E-state index in [0.29, 0.717) is 5.02 Å². The van der Waals surface area contributed by atoms with Crippen LogP contribution in [0.3, 0.4) is 0 Å². The quantitative estimate of drug-likeness (QED) is 0.730. The normalized spacial score (nSPS) is 17.7. The Balaban J connectivity index is 1.83. The number of hydrogen-bond donors (Lipinski definition) is 2. The number of nitrogens with two attached hydrogens (primary N) is 1. The number of anilines is 2. The fourth-order valence-corrected chi connectivity index (χ4v) is 3.15. The van der Waals surface area contributed by atoms with Crippen LogP contribution >= 0.6 is 11.6 Å². The molecular formula is C17H18ClN5. The van der Waals surface area contributed by atoms with Crippen LogP contribution in [0.2, 0.25) is 5.02 Å². The maximum atomic E-state index is 6.16. The molecule has 0 aromatic heterocycles. The smallest absolute Gasteiger partial charge is 0.138 e. The molecule has 23 heavy (non-hydrogen) atoms. The number of fused-ring (bicyclic) bond motifs is 2. The van der Waals surface area contributed by atoms with E-state index >= 15 is 0 Å². The molecular weight excluding hydrogens is 310 g/mol. The predicted octanol–water partition coefficient (Wildman–Crippen LogP) is 2.97. The van der Waals surface area contributed by atoms with Crippen LogP contribution in [0, 0.1) is 0 Å². The highest BCUT2D eigenvalue weighted by molar-refractivity contribution is 6.31. The summed E-state index contributed by atoms with van der Waals surface area (Å²) in [4.78, 5) is 7.22. The molecule has 2 aromatic carbocycles. The van der Waals surface area contributed by atoms with Gasteiger partial charge in [0.25, 0.3) is 0 Å². The van der Waals surface area contributed by atoms with Crippen molar-refractivity contribution in [3.8, 4) is 0 Å². The highest BCUT2D eigenvalue weighted by Crippen LogP contribution is 2.36. The molecule has 0 bridgehead atoms. The van der Waals surface area contributed by atoms with Crippen LogP contribution in [0.1, 0.15) is 5.56 Å². The molecule has 6 heteroatoms. The van der Waals surface area contributed by atoms with Gasteiger partial charge < -0.3 is 10.2 Å². The molecule has 2 heterocycles. The number of halogens is 1. The van der Waals surface area contributed by atoms with Gasteiger partial charge in [-0.15, -0.1) is 0 Å². The van der Waals surface area contributed by atoms with Crippen molar-refractivity contribution < 1.29 is 0 Å². The molecule has 0 unspecified atom stereocenters. The summed E-state index contributed by atoms with van der Waals surface area (Å²) in [6.07, 6.45) is 0. The average Bonchev–Trinajstić information content (AvgIpc) is 2.72. The standard InChI is InChI=1S/C17H18ClN5/c18-12-5-6-15-16(11-12)21-17(22-7-9-23(19)10-8-22)13-3-1-2-4-14(13)20-15/h1-6,11,20H,7-10,19H2. The molecule has 0 amide bonds. The van der Waals surface area contributed by atoms with Crippen molar-refractivity contribution in [3.05, 3.63) is 53.1 Å². The molecule has 4 rings (SSSR count). The van der Waals surface area contributed by atoms with Gasteiger partial charge in [-0.2, -0.15) is 0 Å². The van der Waals surface area contributed by atoms with Crippen molar-refractivity contribution >= 4 is 34.5 Å². The molecule has 0 aliphatic carbocycles. The number of nitrogens with one attached hydrogen (secondary N) is 1. The first-order valence-electron chi connectivity index (χ1n) is 7.70. The van der Waals surface area contributed by atoms with Gasteiger partial charge >= 0.3 is 0 Å². The topological polar surface area (TPSA) is 56.9 Å². The number of hydrazine groups is 1. The van der Waals surface area contributed by atoms with Crippen molar-refractivity contribution in [2.75, 3.05) is 31.5 Å². The summed E-state index contributed by atoms with van der Waals surface area (Å²) in [6, 6.07) is 14.0. The monoisotopic (exact) mass is 327 g/mol. The lowest BCUT2D eigenvalue weighted by Gasteiger charge is -2.34.